The molecule has 0 radical (unpaired) electrons. The van der Waals surface area contributed by atoms with E-state index in [0.29, 0.717) is 5.39 Å². The first-order valence-corrected chi connectivity index (χ1v) is 4.94. The van der Waals surface area contributed by atoms with Crippen LogP contribution in [0, 0.1) is 0 Å². The predicted molar refractivity (Wildman–Crippen MR) is 60.6 cm³/mol. The van der Waals surface area contributed by atoms with Gasteiger partial charge in [-0.3, -0.25) is 4.79 Å². The molecule has 0 bridgehead atoms. The number of hydrogen-bond acceptors (Lipinski definition) is 2. The normalized spacial score (nSPS) is 12.6. The Labute approximate surface area is 91.8 Å². The molecule has 4 heteroatoms. The van der Waals surface area contributed by atoms with Crippen molar-refractivity contribution < 1.29 is 9.90 Å². The third-order valence-electron chi connectivity index (χ3n) is 2.62. The minimum atomic E-state index is -1.02. The number of rotatable bonds is 2. The van der Waals surface area contributed by atoms with E-state index in [-0.39, 0.29) is 5.56 Å². The smallest absolute Gasteiger partial charge is 0.326 e. The number of pyridine rings is 1. The van der Waals surface area contributed by atoms with E-state index in [1.54, 1.807) is 18.2 Å². The topological polar surface area (TPSA) is 59.3 Å². The lowest BCUT2D eigenvalue weighted by Gasteiger charge is -2.10. The Bertz CT molecular complexity index is 600. The maximum atomic E-state index is 12.0. The summed E-state index contributed by atoms with van der Waals surface area (Å²) in [6, 6.07) is 8.02. The summed E-state index contributed by atoms with van der Waals surface area (Å²) < 4.78 is 1.23. The van der Waals surface area contributed by atoms with E-state index in [4.69, 9.17) is 5.11 Å². The molecule has 0 aliphatic carbocycles. The number of benzene rings is 1. The maximum absolute atomic E-state index is 12.0. The highest BCUT2D eigenvalue weighted by atomic mass is 16.4. The third kappa shape index (κ3) is 1.58. The van der Waals surface area contributed by atoms with Crippen molar-refractivity contribution in [1.29, 1.82) is 0 Å². The molecule has 1 atom stereocenters. The zero-order valence-corrected chi connectivity index (χ0v) is 8.75. The van der Waals surface area contributed by atoms with E-state index >= 15 is 0 Å². The van der Waals surface area contributed by atoms with Crippen molar-refractivity contribution in [2.75, 3.05) is 0 Å². The van der Waals surface area contributed by atoms with Crippen LogP contribution < -0.4 is 5.56 Å². The van der Waals surface area contributed by atoms with Crippen LogP contribution in [0.3, 0.4) is 0 Å². The highest BCUT2D eigenvalue weighted by Gasteiger charge is 2.14. The van der Waals surface area contributed by atoms with E-state index < -0.39 is 12.0 Å². The number of carboxylic acid groups (broad SMARTS) is 1. The van der Waals surface area contributed by atoms with Crippen molar-refractivity contribution >= 4 is 16.7 Å². The van der Waals surface area contributed by atoms with Crippen molar-refractivity contribution in [3.05, 3.63) is 46.9 Å². The molecule has 2 rings (SSSR count). The molecule has 4 nitrogen and oxygen atoms in total. The fourth-order valence-corrected chi connectivity index (χ4v) is 1.63. The number of aromatic nitrogens is 1. The van der Waals surface area contributed by atoms with Gasteiger partial charge in [0.1, 0.15) is 6.04 Å². The molecule has 2 aromatic rings. The summed E-state index contributed by atoms with van der Waals surface area (Å²) in [5.41, 5.74) is -0.270. The number of aliphatic carboxylic acids is 1. The lowest BCUT2D eigenvalue weighted by Crippen LogP contribution is -2.27. The van der Waals surface area contributed by atoms with Crippen LogP contribution >= 0.6 is 0 Å². The summed E-state index contributed by atoms with van der Waals surface area (Å²) in [6.45, 7) is 1.48. The molecule has 1 aromatic heterocycles. The molecule has 0 fully saturated rings. The third-order valence-corrected chi connectivity index (χ3v) is 2.62. The SMILES string of the molecule is C[C@@H](C(=O)O)n1ccc2ccccc2c1=O. The van der Waals surface area contributed by atoms with Crippen LogP contribution in [0.2, 0.25) is 0 Å². The molecular weight excluding hydrogens is 206 g/mol. The zero-order valence-electron chi connectivity index (χ0n) is 8.75. The Morgan fingerprint density at radius 3 is 2.69 bits per heavy atom. The molecule has 0 aliphatic heterocycles. The monoisotopic (exact) mass is 217 g/mol. The fraction of sp³-hybridized carbons (Fsp3) is 0.167. The maximum Gasteiger partial charge on any atom is 0.326 e. The molecule has 0 amide bonds. The summed E-state index contributed by atoms with van der Waals surface area (Å²) in [5.74, 6) is -1.02. The highest BCUT2D eigenvalue weighted by Crippen LogP contribution is 2.10. The summed E-state index contributed by atoms with van der Waals surface area (Å²) >= 11 is 0. The number of nitrogens with zero attached hydrogens (tertiary/aromatic N) is 1. The van der Waals surface area contributed by atoms with Crippen LogP contribution in [0.15, 0.2) is 41.3 Å². The Kier molecular flexibility index (Phi) is 2.48. The Hall–Kier alpha value is -2.10. The number of carbonyl (C=O) groups is 1. The molecule has 0 unspecified atom stereocenters. The molecule has 16 heavy (non-hydrogen) atoms. The van der Waals surface area contributed by atoms with Gasteiger partial charge in [0.15, 0.2) is 0 Å². The van der Waals surface area contributed by atoms with Crippen LogP contribution in [0.4, 0.5) is 0 Å². The van der Waals surface area contributed by atoms with Gasteiger partial charge in [0.2, 0.25) is 0 Å². The molecule has 82 valence electrons. The van der Waals surface area contributed by atoms with Gasteiger partial charge in [0, 0.05) is 11.6 Å². The van der Waals surface area contributed by atoms with Gasteiger partial charge in [0.25, 0.3) is 5.56 Å². The first-order chi connectivity index (χ1) is 7.61. The quantitative estimate of drug-likeness (QED) is 0.832. The molecular formula is C12H11NO3. The van der Waals surface area contributed by atoms with Gasteiger partial charge in [-0.2, -0.15) is 0 Å². The molecule has 0 aliphatic rings. The van der Waals surface area contributed by atoms with E-state index in [9.17, 15) is 9.59 Å². The lowest BCUT2D eigenvalue weighted by atomic mass is 10.1. The second-order valence-electron chi connectivity index (χ2n) is 3.63. The summed E-state index contributed by atoms with van der Waals surface area (Å²) in [6.07, 6.45) is 1.52. The van der Waals surface area contributed by atoms with Crippen LogP contribution in [0.5, 0.6) is 0 Å². The minimum absolute atomic E-state index is 0.270. The zero-order chi connectivity index (χ0) is 11.7. The number of fused-ring (bicyclic) bond motifs is 1. The van der Waals surface area contributed by atoms with Crippen LogP contribution in [-0.4, -0.2) is 15.6 Å². The number of carboxylic acids is 1. The van der Waals surface area contributed by atoms with Gasteiger partial charge >= 0.3 is 5.97 Å². The summed E-state index contributed by atoms with van der Waals surface area (Å²) in [5, 5.41) is 10.2. The summed E-state index contributed by atoms with van der Waals surface area (Å²) in [7, 11) is 0. The Morgan fingerprint density at radius 1 is 1.31 bits per heavy atom. The largest absolute Gasteiger partial charge is 0.480 e. The molecule has 1 heterocycles. The van der Waals surface area contributed by atoms with Gasteiger partial charge in [-0.05, 0) is 24.4 Å². The first kappa shape index (κ1) is 10.4. The average Bonchev–Trinajstić information content (AvgIpc) is 2.29. The second-order valence-corrected chi connectivity index (χ2v) is 3.63. The second kappa shape index (κ2) is 3.81. The Morgan fingerprint density at radius 2 is 2.00 bits per heavy atom. The highest BCUT2D eigenvalue weighted by molar-refractivity contribution is 5.81. The van der Waals surface area contributed by atoms with Gasteiger partial charge in [-0.25, -0.2) is 4.79 Å². The molecule has 1 N–H and O–H groups in total. The van der Waals surface area contributed by atoms with Gasteiger partial charge < -0.3 is 9.67 Å². The van der Waals surface area contributed by atoms with Crippen molar-refractivity contribution in [3.8, 4) is 0 Å². The van der Waals surface area contributed by atoms with E-state index in [0.717, 1.165) is 5.39 Å². The molecule has 0 spiro atoms. The predicted octanol–water partition coefficient (Wildman–Crippen LogP) is 1.65. The molecule has 1 aromatic carbocycles. The van der Waals surface area contributed by atoms with Crippen molar-refractivity contribution in [2.24, 2.45) is 0 Å². The number of hydrogen-bond donors (Lipinski definition) is 1. The minimum Gasteiger partial charge on any atom is -0.480 e. The van der Waals surface area contributed by atoms with Gasteiger partial charge in [-0.1, -0.05) is 18.2 Å². The lowest BCUT2D eigenvalue weighted by molar-refractivity contribution is -0.140. The Balaban J connectivity index is 2.70. The van der Waals surface area contributed by atoms with E-state index in [1.165, 1.54) is 17.7 Å². The van der Waals surface area contributed by atoms with Gasteiger partial charge in [-0.15, -0.1) is 0 Å². The van der Waals surface area contributed by atoms with Crippen molar-refractivity contribution in [2.45, 2.75) is 13.0 Å². The fourth-order valence-electron chi connectivity index (χ4n) is 1.63. The van der Waals surface area contributed by atoms with Crippen LogP contribution in [0.1, 0.15) is 13.0 Å². The van der Waals surface area contributed by atoms with E-state index in [2.05, 4.69) is 0 Å². The average molecular weight is 217 g/mol. The van der Waals surface area contributed by atoms with Crippen LogP contribution in [-0.2, 0) is 4.79 Å². The van der Waals surface area contributed by atoms with Crippen molar-refractivity contribution in [1.82, 2.24) is 4.57 Å². The molecule has 0 saturated carbocycles. The molecule has 0 saturated heterocycles. The van der Waals surface area contributed by atoms with Gasteiger partial charge in [0.05, 0.1) is 0 Å². The first-order valence-electron chi connectivity index (χ1n) is 4.94. The van der Waals surface area contributed by atoms with Crippen LogP contribution in [0.25, 0.3) is 10.8 Å². The standard InChI is InChI=1S/C12H11NO3/c1-8(12(15)16)13-7-6-9-4-2-3-5-10(9)11(13)14/h2-8H,1H3,(H,15,16)/t8-/m0/s1. The van der Waals surface area contributed by atoms with Crippen molar-refractivity contribution in [3.63, 3.8) is 0 Å². The van der Waals surface area contributed by atoms with E-state index in [1.807, 2.05) is 12.1 Å². The summed E-state index contributed by atoms with van der Waals surface area (Å²) in [4.78, 5) is 22.8.